The maximum absolute atomic E-state index is 12.8. The normalized spacial score (nSPS) is 19.2. The zero-order valence-electron chi connectivity index (χ0n) is 19.3. The van der Waals surface area contributed by atoms with Gasteiger partial charge in [-0.1, -0.05) is 17.8 Å². The Balaban J connectivity index is 1.30. The monoisotopic (exact) mass is 572 g/mol. The first-order chi connectivity index (χ1) is 17.9. The third-order valence-electron chi connectivity index (χ3n) is 5.80. The fourth-order valence-electron chi connectivity index (χ4n) is 4.05. The number of amides is 2. The summed E-state index contributed by atoms with van der Waals surface area (Å²) in [6, 6.07) is 9.79. The van der Waals surface area contributed by atoms with Crippen LogP contribution in [0.15, 0.2) is 73.5 Å². The van der Waals surface area contributed by atoms with Crippen molar-refractivity contribution in [1.82, 2.24) is 10.2 Å². The average molecular weight is 573 g/mol. The van der Waals surface area contributed by atoms with Crippen molar-refractivity contribution in [3.8, 4) is 5.75 Å². The molecular formula is C25H20N2O6S4. The number of allylic oxidation sites excluding steroid dienone is 1. The van der Waals surface area contributed by atoms with Gasteiger partial charge in [0, 0.05) is 26.8 Å². The summed E-state index contributed by atoms with van der Waals surface area (Å²) < 4.78 is 6.79. The van der Waals surface area contributed by atoms with Gasteiger partial charge in [-0.25, -0.2) is 4.79 Å². The molecule has 3 aromatic rings. The minimum Gasteiger partial charge on any atom is -0.497 e. The molecule has 1 aromatic carbocycles. The topological polar surface area (TPSA) is 113 Å². The van der Waals surface area contributed by atoms with Crippen LogP contribution in [-0.4, -0.2) is 52.1 Å². The Bertz CT molecular complexity index is 1510. The van der Waals surface area contributed by atoms with Gasteiger partial charge in [-0.15, -0.1) is 34.4 Å². The predicted molar refractivity (Wildman–Crippen MR) is 147 cm³/mol. The molecule has 12 heteroatoms. The number of ether oxygens (including phenoxy) is 1. The number of carbonyl (C=O) groups excluding carboxylic acids is 2. The van der Waals surface area contributed by atoms with Crippen molar-refractivity contribution in [2.75, 3.05) is 12.9 Å². The molecule has 0 saturated carbocycles. The highest BCUT2D eigenvalue weighted by Gasteiger charge is 2.53. The Morgan fingerprint density at radius 3 is 2.84 bits per heavy atom. The van der Waals surface area contributed by atoms with E-state index in [4.69, 9.17) is 4.74 Å². The van der Waals surface area contributed by atoms with Crippen LogP contribution in [0.2, 0.25) is 0 Å². The molecule has 1 unspecified atom stereocenters. The molecule has 5 rings (SSSR count). The summed E-state index contributed by atoms with van der Waals surface area (Å²) in [6.45, 7) is 0. The van der Waals surface area contributed by atoms with E-state index in [9.17, 15) is 24.3 Å². The molecule has 2 aliphatic rings. The van der Waals surface area contributed by atoms with Gasteiger partial charge in [0.05, 0.1) is 17.7 Å². The first kappa shape index (κ1) is 25.6. The van der Waals surface area contributed by atoms with Gasteiger partial charge in [-0.3, -0.25) is 19.3 Å². The summed E-state index contributed by atoms with van der Waals surface area (Å²) in [5, 5.41) is 16.4. The van der Waals surface area contributed by atoms with E-state index >= 15 is 0 Å². The van der Waals surface area contributed by atoms with Crippen LogP contribution in [0.1, 0.15) is 4.88 Å². The number of hydrogen-bond acceptors (Lipinski definition) is 9. The van der Waals surface area contributed by atoms with Crippen molar-refractivity contribution in [1.29, 1.82) is 0 Å². The van der Waals surface area contributed by atoms with E-state index in [1.54, 1.807) is 36.8 Å². The highest BCUT2D eigenvalue weighted by molar-refractivity contribution is 8.04. The third-order valence-corrected chi connectivity index (χ3v) is 10.0. The Hall–Kier alpha value is -3.06. The second-order valence-corrected chi connectivity index (χ2v) is 12.5. The summed E-state index contributed by atoms with van der Waals surface area (Å²) in [4.78, 5) is 51.9. The molecule has 1 fully saturated rings. The van der Waals surface area contributed by atoms with Crippen molar-refractivity contribution in [3.63, 3.8) is 0 Å². The van der Waals surface area contributed by atoms with Crippen molar-refractivity contribution in [2.45, 2.75) is 22.0 Å². The first-order valence-corrected chi connectivity index (χ1v) is 14.7. The number of benzene rings is 1. The van der Waals surface area contributed by atoms with Gasteiger partial charge >= 0.3 is 5.97 Å². The molecule has 4 heterocycles. The first-order valence-electron chi connectivity index (χ1n) is 11.0. The number of methoxy groups -OCH3 is 1. The predicted octanol–water partition coefficient (Wildman–Crippen LogP) is 3.92. The number of hydrogen-bond donors (Lipinski definition) is 2. The van der Waals surface area contributed by atoms with E-state index in [1.165, 1.54) is 51.1 Å². The third kappa shape index (κ3) is 5.19. The number of thioether (sulfide) groups is 2. The van der Waals surface area contributed by atoms with E-state index < -0.39 is 23.3 Å². The molecule has 2 aromatic heterocycles. The summed E-state index contributed by atoms with van der Waals surface area (Å²) in [6.07, 6.45) is 1.85. The standard InChI is InChI=1S/C25H20N2O6S4/c1-33-14-4-5-16-17(28)11-20(37-18(16)9-14)35-8-6-13-12-36-24-21(23(30)27(24)22(13)25(31)32)26-19(29)10-15-3-2-7-34-15/h2-9,11,21,24H,10,12H2,1H3,(H,26,29)(H,31,32)/b8-6+/t21?,24-/m1/s1. The number of fused-ring (bicyclic) bond motifs is 2. The summed E-state index contributed by atoms with van der Waals surface area (Å²) in [5.41, 5.74) is 0.311. The van der Waals surface area contributed by atoms with Crippen LogP contribution >= 0.6 is 46.2 Å². The van der Waals surface area contributed by atoms with E-state index in [1.807, 2.05) is 23.6 Å². The number of nitrogens with one attached hydrogen (secondary N) is 1. The second kappa shape index (κ2) is 10.7. The molecule has 2 atom stereocenters. The fourth-order valence-corrected chi connectivity index (χ4v) is 8.08. The molecule has 2 amide bonds. The van der Waals surface area contributed by atoms with Gasteiger partial charge in [-0.2, -0.15) is 0 Å². The van der Waals surface area contributed by atoms with Gasteiger partial charge in [0.15, 0.2) is 5.43 Å². The highest BCUT2D eigenvalue weighted by atomic mass is 32.2. The van der Waals surface area contributed by atoms with Crippen molar-refractivity contribution in [3.05, 3.63) is 79.6 Å². The molecule has 2 N–H and O–H groups in total. The molecule has 2 aliphatic heterocycles. The fraction of sp³-hybridized carbons (Fsp3) is 0.200. The Morgan fingerprint density at radius 1 is 1.27 bits per heavy atom. The summed E-state index contributed by atoms with van der Waals surface area (Å²) in [5.74, 6) is -0.874. The molecular weight excluding hydrogens is 553 g/mol. The number of carbonyl (C=O) groups is 3. The lowest BCUT2D eigenvalue weighted by Gasteiger charge is -2.49. The Labute approximate surface area is 228 Å². The van der Waals surface area contributed by atoms with Crippen molar-refractivity contribution < 1.29 is 24.2 Å². The van der Waals surface area contributed by atoms with E-state index in [0.29, 0.717) is 22.5 Å². The molecule has 1 saturated heterocycles. The molecule has 0 radical (unpaired) electrons. The van der Waals surface area contributed by atoms with Gasteiger partial charge in [0.1, 0.15) is 22.9 Å². The van der Waals surface area contributed by atoms with Crippen LogP contribution in [0.4, 0.5) is 0 Å². The molecule has 0 spiro atoms. The minimum absolute atomic E-state index is 0.0780. The van der Waals surface area contributed by atoms with Crippen LogP contribution < -0.4 is 15.5 Å². The molecule has 190 valence electrons. The molecule has 8 nitrogen and oxygen atoms in total. The number of carboxylic acid groups (broad SMARTS) is 1. The average Bonchev–Trinajstić information content (AvgIpc) is 3.39. The van der Waals surface area contributed by atoms with Crippen LogP contribution in [0.3, 0.4) is 0 Å². The number of thiophene rings is 1. The lowest BCUT2D eigenvalue weighted by atomic mass is 10.0. The highest BCUT2D eigenvalue weighted by Crippen LogP contribution is 2.41. The quantitative estimate of drug-likeness (QED) is 0.309. The SMILES string of the molecule is COc1ccc2c(=O)cc(S/C=C/C3=C(C(=O)O)N4C(=O)C(NC(=O)Cc5cccs5)[C@H]4SC3)sc2c1. The number of carboxylic acids is 1. The summed E-state index contributed by atoms with van der Waals surface area (Å²) in [7, 11) is 1.57. The van der Waals surface area contributed by atoms with Crippen molar-refractivity contribution in [2.24, 2.45) is 0 Å². The zero-order valence-corrected chi connectivity index (χ0v) is 22.6. The Morgan fingerprint density at radius 2 is 2.11 bits per heavy atom. The maximum atomic E-state index is 12.8. The second-order valence-electron chi connectivity index (χ2n) is 8.10. The lowest BCUT2D eigenvalue weighted by Crippen LogP contribution is -2.70. The number of aliphatic carboxylic acids is 1. The van der Waals surface area contributed by atoms with Gasteiger partial charge in [-0.05, 0) is 46.7 Å². The number of rotatable bonds is 8. The van der Waals surface area contributed by atoms with Gasteiger partial charge < -0.3 is 15.2 Å². The van der Waals surface area contributed by atoms with Crippen LogP contribution in [-0.2, 0) is 20.8 Å². The molecule has 37 heavy (non-hydrogen) atoms. The molecule has 0 aliphatic carbocycles. The smallest absolute Gasteiger partial charge is 0.352 e. The van der Waals surface area contributed by atoms with E-state index in [2.05, 4.69) is 5.32 Å². The van der Waals surface area contributed by atoms with Gasteiger partial charge in [0.25, 0.3) is 5.91 Å². The Kier molecular flexibility index (Phi) is 7.43. The van der Waals surface area contributed by atoms with Crippen molar-refractivity contribution >= 4 is 74.1 Å². The minimum atomic E-state index is -1.20. The van der Waals surface area contributed by atoms with Crippen LogP contribution in [0, 0.1) is 0 Å². The van der Waals surface area contributed by atoms with E-state index in [-0.39, 0.29) is 23.5 Å². The van der Waals surface area contributed by atoms with Crippen LogP contribution in [0.5, 0.6) is 5.75 Å². The maximum Gasteiger partial charge on any atom is 0.352 e. The zero-order chi connectivity index (χ0) is 26.1. The number of β-lactam (4-membered cyclic amide) rings is 1. The van der Waals surface area contributed by atoms with Gasteiger partial charge in [0.2, 0.25) is 5.91 Å². The molecule has 0 bridgehead atoms. The number of nitrogens with zero attached hydrogens (tertiary/aromatic N) is 1. The van der Waals surface area contributed by atoms with Crippen LogP contribution in [0.25, 0.3) is 10.1 Å². The van der Waals surface area contributed by atoms with E-state index in [0.717, 1.165) is 13.8 Å². The largest absolute Gasteiger partial charge is 0.497 e. The lowest BCUT2D eigenvalue weighted by molar-refractivity contribution is -0.150. The summed E-state index contributed by atoms with van der Waals surface area (Å²) >= 11 is 5.61.